The number of amides is 1. The lowest BCUT2D eigenvalue weighted by Crippen LogP contribution is -2.36. The fraction of sp³-hybridized carbons (Fsp3) is 0.240. The van der Waals surface area contributed by atoms with Crippen molar-refractivity contribution in [3.8, 4) is 11.5 Å². The Hall–Kier alpha value is -4.47. The second-order valence-corrected chi connectivity index (χ2v) is 8.42. The van der Waals surface area contributed by atoms with Crippen molar-refractivity contribution >= 4 is 30.3 Å². The van der Waals surface area contributed by atoms with E-state index in [1.165, 1.54) is 0 Å². The molecule has 2 aromatic carbocycles. The number of benzene rings is 2. The number of hydrogen-bond donors (Lipinski definition) is 3. The number of fused-ring (bicyclic) bond motifs is 2. The molecule has 3 aromatic rings. The number of nitrogens with zero attached hydrogens (tertiary/aromatic N) is 3. The van der Waals surface area contributed by atoms with Crippen LogP contribution in [0.5, 0.6) is 11.5 Å². The largest absolute Gasteiger partial charge is 0.454 e. The summed E-state index contributed by atoms with van der Waals surface area (Å²) < 4.78 is 12.4. The van der Waals surface area contributed by atoms with Gasteiger partial charge in [-0.15, -0.1) is 0 Å². The molecule has 10 nitrogen and oxygen atoms in total. The number of ether oxygens (including phenoxy) is 2. The summed E-state index contributed by atoms with van der Waals surface area (Å²) in [7, 11) is 1.87. The Labute approximate surface area is 201 Å². The lowest BCUT2D eigenvalue weighted by Gasteiger charge is -2.18. The van der Waals surface area contributed by atoms with E-state index in [1.807, 2.05) is 49.3 Å². The first-order valence-electron chi connectivity index (χ1n) is 11.2. The topological polar surface area (TPSA) is 110 Å². The van der Waals surface area contributed by atoms with Crippen LogP contribution >= 0.6 is 0 Å². The predicted octanol–water partition coefficient (Wildman–Crippen LogP) is 0.160. The number of rotatable bonds is 8. The van der Waals surface area contributed by atoms with Crippen LogP contribution < -0.4 is 46.5 Å². The van der Waals surface area contributed by atoms with E-state index in [9.17, 15) is 9.59 Å². The molecule has 3 N–H and O–H groups in total. The number of carbonyl (C=O) groups is 1. The van der Waals surface area contributed by atoms with Gasteiger partial charge in [0.15, 0.2) is 17.3 Å². The van der Waals surface area contributed by atoms with E-state index < -0.39 is 0 Å². The molecule has 0 saturated carbocycles. The molecular weight excluding hydrogens is 448 g/mol. The molecule has 1 aromatic heterocycles. The number of aryl methyl sites for hydroxylation is 1. The minimum atomic E-state index is -0.271. The van der Waals surface area contributed by atoms with E-state index in [4.69, 9.17) is 9.47 Å². The first-order chi connectivity index (χ1) is 17.0. The summed E-state index contributed by atoms with van der Waals surface area (Å²) in [6, 6.07) is 9.65. The Bertz CT molecular complexity index is 1480. The maximum atomic E-state index is 13.5. The average Bonchev–Trinajstić information content (AvgIpc) is 3.43. The van der Waals surface area contributed by atoms with Gasteiger partial charge in [-0.05, 0) is 54.0 Å². The Morgan fingerprint density at radius 2 is 2.06 bits per heavy atom. The maximum Gasteiger partial charge on any atom is 0.299 e. The highest BCUT2D eigenvalue weighted by Gasteiger charge is 2.23. The summed E-state index contributed by atoms with van der Waals surface area (Å²) >= 11 is 0. The van der Waals surface area contributed by atoms with Crippen LogP contribution in [0, 0.1) is 6.92 Å². The summed E-state index contributed by atoms with van der Waals surface area (Å²) in [5.41, 5.74) is 6.47. The van der Waals surface area contributed by atoms with Gasteiger partial charge in [0, 0.05) is 37.2 Å². The molecule has 0 radical (unpaired) electrons. The van der Waals surface area contributed by atoms with E-state index in [0.717, 1.165) is 38.8 Å². The van der Waals surface area contributed by atoms with Gasteiger partial charge in [-0.3, -0.25) is 24.6 Å². The summed E-state index contributed by atoms with van der Waals surface area (Å²) in [6.07, 6.45) is 3.00. The van der Waals surface area contributed by atoms with Crippen molar-refractivity contribution in [2.45, 2.75) is 19.9 Å². The average molecular weight is 475 g/mol. The molecule has 35 heavy (non-hydrogen) atoms. The number of hydrazine groups is 1. The fourth-order valence-corrected chi connectivity index (χ4v) is 4.37. The van der Waals surface area contributed by atoms with Crippen LogP contribution in [0.25, 0.3) is 12.4 Å². The van der Waals surface area contributed by atoms with Crippen molar-refractivity contribution in [2.24, 2.45) is 0 Å². The number of anilines is 2. The van der Waals surface area contributed by atoms with Crippen molar-refractivity contribution in [2.75, 3.05) is 30.7 Å². The van der Waals surface area contributed by atoms with Gasteiger partial charge in [0.05, 0.1) is 5.69 Å². The molecule has 2 aliphatic rings. The van der Waals surface area contributed by atoms with Gasteiger partial charge in [-0.2, -0.15) is 0 Å². The Morgan fingerprint density at radius 1 is 1.23 bits per heavy atom. The molecular formula is C25H26N6O4. The van der Waals surface area contributed by atoms with Crippen LogP contribution in [-0.4, -0.2) is 36.3 Å². The molecule has 10 heteroatoms. The summed E-state index contributed by atoms with van der Waals surface area (Å²) in [5.74, 6) is 2.33. The minimum Gasteiger partial charge on any atom is -0.454 e. The second kappa shape index (κ2) is 9.05. The molecule has 0 saturated heterocycles. The summed E-state index contributed by atoms with van der Waals surface area (Å²) in [4.78, 5) is 28.8. The minimum absolute atomic E-state index is 0.234. The first kappa shape index (κ1) is 22.3. The standard InChI is InChI=1S/C25H26N6O4/c1-15-8-18(12-26-13-32)22-19(9-15)30(3)29-24(22)31-16(2)11-28-23(25(31)33)27-7-6-17-4-5-20-21(10-17)35-14-34-20/h4-5,8-11,13,29H,1,6-7,12,14H2,2-3H3,(H,26,32)(H,27,28). The van der Waals surface area contributed by atoms with E-state index in [-0.39, 0.29) is 18.2 Å². The van der Waals surface area contributed by atoms with Crippen molar-refractivity contribution in [3.05, 3.63) is 74.1 Å². The van der Waals surface area contributed by atoms with Gasteiger partial charge in [0.25, 0.3) is 5.56 Å². The van der Waals surface area contributed by atoms with Crippen LogP contribution in [0.15, 0.2) is 41.3 Å². The van der Waals surface area contributed by atoms with Crippen molar-refractivity contribution in [1.82, 2.24) is 20.3 Å². The first-order valence-corrected chi connectivity index (χ1v) is 11.2. The molecule has 2 aliphatic heterocycles. The van der Waals surface area contributed by atoms with Crippen LogP contribution in [0.4, 0.5) is 11.5 Å². The van der Waals surface area contributed by atoms with Crippen molar-refractivity contribution < 1.29 is 14.3 Å². The zero-order valence-electron chi connectivity index (χ0n) is 19.6. The maximum absolute atomic E-state index is 13.5. The normalized spacial score (nSPS) is 13.4. The molecule has 5 rings (SSSR count). The van der Waals surface area contributed by atoms with Crippen LogP contribution in [0.2, 0.25) is 0 Å². The van der Waals surface area contributed by atoms with Gasteiger partial charge >= 0.3 is 0 Å². The molecule has 0 aliphatic carbocycles. The highest BCUT2D eigenvalue weighted by Crippen LogP contribution is 2.32. The van der Waals surface area contributed by atoms with Gasteiger partial charge in [0.1, 0.15) is 5.82 Å². The fourth-order valence-electron chi connectivity index (χ4n) is 4.37. The monoisotopic (exact) mass is 474 g/mol. The second-order valence-electron chi connectivity index (χ2n) is 8.42. The van der Waals surface area contributed by atoms with Crippen molar-refractivity contribution in [3.63, 3.8) is 0 Å². The smallest absolute Gasteiger partial charge is 0.299 e. The van der Waals surface area contributed by atoms with E-state index in [2.05, 4.69) is 27.6 Å². The molecule has 0 unspecified atom stereocenters. The number of nitrogens with one attached hydrogen (secondary N) is 3. The Kier molecular flexibility index (Phi) is 5.77. The molecule has 0 spiro atoms. The van der Waals surface area contributed by atoms with E-state index in [0.29, 0.717) is 37.4 Å². The highest BCUT2D eigenvalue weighted by molar-refractivity contribution is 5.67. The highest BCUT2D eigenvalue weighted by atomic mass is 16.7. The summed E-state index contributed by atoms with van der Waals surface area (Å²) in [6.45, 7) is 6.94. The lowest BCUT2D eigenvalue weighted by atomic mass is 10.1. The number of hydrogen-bond acceptors (Lipinski definition) is 8. The van der Waals surface area contributed by atoms with Gasteiger partial charge in [0.2, 0.25) is 13.2 Å². The van der Waals surface area contributed by atoms with Gasteiger partial charge in [-0.25, -0.2) is 4.98 Å². The van der Waals surface area contributed by atoms with Crippen LogP contribution in [-0.2, 0) is 17.8 Å². The zero-order valence-corrected chi connectivity index (χ0v) is 19.6. The molecule has 3 heterocycles. The lowest BCUT2D eigenvalue weighted by molar-refractivity contribution is -0.109. The molecule has 0 fully saturated rings. The van der Waals surface area contributed by atoms with Crippen molar-refractivity contribution in [1.29, 1.82) is 0 Å². The van der Waals surface area contributed by atoms with Gasteiger partial charge in [-0.1, -0.05) is 12.6 Å². The SMILES string of the molecule is C=c1cc(CNC=O)c2c(c1)N(C)NC=2n1c(C)cnc(NCCc2ccc3c(c2)OCO3)c1=O. The molecule has 0 bridgehead atoms. The third-order valence-corrected chi connectivity index (χ3v) is 6.01. The van der Waals surface area contributed by atoms with Crippen LogP contribution in [0.3, 0.4) is 0 Å². The number of aromatic nitrogens is 2. The third kappa shape index (κ3) is 4.14. The molecule has 180 valence electrons. The van der Waals surface area contributed by atoms with Gasteiger partial charge < -0.3 is 20.1 Å². The quantitative estimate of drug-likeness (QED) is 0.396. The third-order valence-electron chi connectivity index (χ3n) is 6.01. The zero-order chi connectivity index (χ0) is 24.5. The Morgan fingerprint density at radius 3 is 2.89 bits per heavy atom. The van der Waals surface area contributed by atoms with E-state index >= 15 is 0 Å². The Balaban J connectivity index is 1.47. The summed E-state index contributed by atoms with van der Waals surface area (Å²) in [5, 5.41) is 9.36. The van der Waals surface area contributed by atoms with E-state index in [1.54, 1.807) is 10.8 Å². The van der Waals surface area contributed by atoms with Crippen LogP contribution in [0.1, 0.15) is 16.8 Å². The number of carbonyl (C=O) groups excluding carboxylic acids is 1. The molecule has 1 amide bonds. The molecule has 0 atom stereocenters. The predicted molar refractivity (Wildman–Crippen MR) is 132 cm³/mol.